The highest BCUT2D eigenvalue weighted by Gasteiger charge is 2.06. The molecule has 128 valence electrons. The van der Waals surface area contributed by atoms with Crippen LogP contribution in [0.3, 0.4) is 0 Å². The van der Waals surface area contributed by atoms with Gasteiger partial charge in [0, 0.05) is 42.3 Å². The van der Waals surface area contributed by atoms with Crippen molar-refractivity contribution >= 4 is 41.3 Å². The Labute approximate surface area is 159 Å². The van der Waals surface area contributed by atoms with Crippen LogP contribution in [0.15, 0.2) is 35.6 Å². The zero-order valence-electron chi connectivity index (χ0n) is 14.0. The summed E-state index contributed by atoms with van der Waals surface area (Å²) in [6, 6.07) is 6.33. The van der Waals surface area contributed by atoms with Gasteiger partial charge in [-0.05, 0) is 30.5 Å². The number of nitrogens with zero attached hydrogens (tertiary/aromatic N) is 3. The fourth-order valence-electron chi connectivity index (χ4n) is 2.16. The Hall–Kier alpha value is -1.09. The maximum absolute atomic E-state index is 4.28. The maximum atomic E-state index is 4.28. The van der Waals surface area contributed by atoms with Crippen molar-refractivity contribution in [2.24, 2.45) is 10.9 Å². The van der Waals surface area contributed by atoms with E-state index in [1.54, 1.807) is 7.05 Å². The number of aryl methyl sites for hydroxylation is 1. The van der Waals surface area contributed by atoms with Crippen LogP contribution < -0.4 is 10.6 Å². The summed E-state index contributed by atoms with van der Waals surface area (Å²) in [4.78, 5) is 7.04. The van der Waals surface area contributed by atoms with Gasteiger partial charge in [0.15, 0.2) is 5.96 Å². The lowest BCUT2D eigenvalue weighted by molar-refractivity contribution is 0.443. The molecule has 1 atom stereocenters. The van der Waals surface area contributed by atoms with E-state index in [1.165, 1.54) is 9.75 Å². The van der Waals surface area contributed by atoms with Crippen LogP contribution in [0.1, 0.15) is 23.6 Å². The van der Waals surface area contributed by atoms with Crippen molar-refractivity contribution in [1.29, 1.82) is 0 Å². The molecule has 0 fully saturated rings. The molecule has 0 aromatic carbocycles. The Balaban J connectivity index is 0.00000264. The summed E-state index contributed by atoms with van der Waals surface area (Å²) in [7, 11) is 1.80. The topological polar surface area (TPSA) is 54.2 Å². The second-order valence-corrected chi connectivity index (χ2v) is 6.61. The predicted molar refractivity (Wildman–Crippen MR) is 109 cm³/mol. The van der Waals surface area contributed by atoms with E-state index in [0.717, 1.165) is 32.0 Å². The first-order chi connectivity index (χ1) is 10.7. The van der Waals surface area contributed by atoms with Crippen molar-refractivity contribution < 1.29 is 0 Å². The average molecular weight is 447 g/mol. The highest BCUT2D eigenvalue weighted by atomic mass is 127. The van der Waals surface area contributed by atoms with Crippen molar-refractivity contribution in [2.45, 2.75) is 33.4 Å². The molecule has 0 amide bonds. The SMILES string of the molecule is CCc1ccc(CNC(=NC)NCC(C)Cn2cccn2)s1.I. The molecule has 1 unspecified atom stereocenters. The molecule has 2 heterocycles. The van der Waals surface area contributed by atoms with Gasteiger partial charge in [-0.15, -0.1) is 35.3 Å². The first kappa shape index (κ1) is 20.0. The summed E-state index contributed by atoms with van der Waals surface area (Å²) in [6.07, 6.45) is 4.90. The van der Waals surface area contributed by atoms with Crippen molar-refractivity contribution in [3.8, 4) is 0 Å². The van der Waals surface area contributed by atoms with Gasteiger partial charge in [0.2, 0.25) is 0 Å². The second kappa shape index (κ2) is 10.6. The Morgan fingerprint density at radius 2 is 2.13 bits per heavy atom. The van der Waals surface area contributed by atoms with Gasteiger partial charge in [-0.3, -0.25) is 9.67 Å². The molecule has 0 aliphatic rings. The Morgan fingerprint density at radius 1 is 1.35 bits per heavy atom. The molecular weight excluding hydrogens is 421 g/mol. The highest BCUT2D eigenvalue weighted by Crippen LogP contribution is 2.16. The summed E-state index contributed by atoms with van der Waals surface area (Å²) in [6.45, 7) is 6.98. The fourth-order valence-corrected chi connectivity index (χ4v) is 3.06. The van der Waals surface area contributed by atoms with E-state index in [4.69, 9.17) is 0 Å². The number of rotatable bonds is 7. The largest absolute Gasteiger partial charge is 0.356 e. The standard InChI is InChI=1S/C16H25N5S.HI/c1-4-14-6-7-15(22-14)11-19-16(17-3)18-10-13(2)12-21-9-5-8-20-21;/h5-9,13H,4,10-12H2,1-3H3,(H2,17,18,19);1H. The van der Waals surface area contributed by atoms with Crippen LogP contribution in [0.25, 0.3) is 0 Å². The van der Waals surface area contributed by atoms with Crippen molar-refractivity contribution in [1.82, 2.24) is 20.4 Å². The fraction of sp³-hybridized carbons (Fsp3) is 0.500. The normalized spacial score (nSPS) is 12.6. The number of nitrogens with one attached hydrogen (secondary N) is 2. The Morgan fingerprint density at radius 3 is 2.74 bits per heavy atom. The zero-order chi connectivity index (χ0) is 15.8. The van der Waals surface area contributed by atoms with Crippen molar-refractivity contribution in [3.05, 3.63) is 40.3 Å². The van der Waals surface area contributed by atoms with Crippen LogP contribution in [0.2, 0.25) is 0 Å². The van der Waals surface area contributed by atoms with E-state index in [0.29, 0.717) is 5.92 Å². The number of hydrogen-bond acceptors (Lipinski definition) is 3. The smallest absolute Gasteiger partial charge is 0.191 e. The molecule has 0 saturated carbocycles. The highest BCUT2D eigenvalue weighted by molar-refractivity contribution is 14.0. The maximum Gasteiger partial charge on any atom is 0.191 e. The van der Waals surface area contributed by atoms with Gasteiger partial charge in [-0.25, -0.2) is 0 Å². The number of hydrogen-bond donors (Lipinski definition) is 2. The van der Waals surface area contributed by atoms with E-state index in [1.807, 2.05) is 34.5 Å². The number of aromatic nitrogens is 2. The minimum absolute atomic E-state index is 0. The van der Waals surface area contributed by atoms with Gasteiger partial charge >= 0.3 is 0 Å². The zero-order valence-corrected chi connectivity index (χ0v) is 17.1. The minimum atomic E-state index is 0. The van der Waals surface area contributed by atoms with E-state index in [-0.39, 0.29) is 24.0 Å². The number of thiophene rings is 1. The molecule has 2 N–H and O–H groups in total. The van der Waals surface area contributed by atoms with Crippen LogP contribution in [0, 0.1) is 5.92 Å². The number of aliphatic imine (C=N–C) groups is 1. The third-order valence-electron chi connectivity index (χ3n) is 3.40. The summed E-state index contributed by atoms with van der Waals surface area (Å²) < 4.78 is 1.96. The van der Waals surface area contributed by atoms with E-state index >= 15 is 0 Å². The van der Waals surface area contributed by atoms with Crippen LogP contribution in [0.5, 0.6) is 0 Å². The van der Waals surface area contributed by atoms with Crippen LogP contribution in [-0.4, -0.2) is 29.3 Å². The van der Waals surface area contributed by atoms with Gasteiger partial charge in [0.05, 0.1) is 6.54 Å². The molecular formula is C16H26IN5S. The molecule has 5 nitrogen and oxygen atoms in total. The molecule has 0 saturated heterocycles. The molecule has 0 aliphatic heterocycles. The summed E-state index contributed by atoms with van der Waals surface area (Å²) >= 11 is 1.86. The summed E-state index contributed by atoms with van der Waals surface area (Å²) in [5.41, 5.74) is 0. The lowest BCUT2D eigenvalue weighted by Gasteiger charge is -2.15. The van der Waals surface area contributed by atoms with Gasteiger partial charge in [0.1, 0.15) is 0 Å². The molecule has 7 heteroatoms. The third kappa shape index (κ3) is 6.90. The number of halogens is 1. The minimum Gasteiger partial charge on any atom is -0.356 e. The molecule has 2 aromatic heterocycles. The molecule has 0 spiro atoms. The van der Waals surface area contributed by atoms with Crippen LogP contribution >= 0.6 is 35.3 Å². The Kier molecular flexibility index (Phi) is 9.23. The predicted octanol–water partition coefficient (Wildman–Crippen LogP) is 3.13. The van der Waals surface area contributed by atoms with Gasteiger partial charge in [0.25, 0.3) is 0 Å². The first-order valence-corrected chi connectivity index (χ1v) is 8.52. The van der Waals surface area contributed by atoms with Gasteiger partial charge in [-0.2, -0.15) is 5.10 Å². The van der Waals surface area contributed by atoms with E-state index in [2.05, 4.69) is 46.7 Å². The Bertz CT molecular complexity index is 579. The first-order valence-electron chi connectivity index (χ1n) is 7.70. The van der Waals surface area contributed by atoms with E-state index < -0.39 is 0 Å². The van der Waals surface area contributed by atoms with Gasteiger partial charge in [-0.1, -0.05) is 13.8 Å². The molecule has 23 heavy (non-hydrogen) atoms. The van der Waals surface area contributed by atoms with Crippen LogP contribution in [-0.2, 0) is 19.5 Å². The summed E-state index contributed by atoms with van der Waals surface area (Å²) in [5.74, 6) is 1.32. The lowest BCUT2D eigenvalue weighted by Crippen LogP contribution is -2.39. The summed E-state index contributed by atoms with van der Waals surface area (Å²) in [5, 5.41) is 11.0. The van der Waals surface area contributed by atoms with E-state index in [9.17, 15) is 0 Å². The quantitative estimate of drug-likeness (QED) is 0.390. The molecule has 0 radical (unpaired) electrons. The average Bonchev–Trinajstić information content (AvgIpc) is 3.18. The molecule has 0 aliphatic carbocycles. The van der Waals surface area contributed by atoms with Crippen molar-refractivity contribution in [3.63, 3.8) is 0 Å². The second-order valence-electron chi connectivity index (χ2n) is 5.36. The van der Waals surface area contributed by atoms with Crippen molar-refractivity contribution in [2.75, 3.05) is 13.6 Å². The number of guanidine groups is 1. The third-order valence-corrected chi connectivity index (χ3v) is 4.62. The molecule has 2 rings (SSSR count). The molecule has 2 aromatic rings. The lowest BCUT2D eigenvalue weighted by atomic mass is 10.2. The molecule has 0 bridgehead atoms. The monoisotopic (exact) mass is 447 g/mol. The van der Waals surface area contributed by atoms with Crippen LogP contribution in [0.4, 0.5) is 0 Å². The van der Waals surface area contributed by atoms with Gasteiger partial charge < -0.3 is 10.6 Å².